The van der Waals surface area contributed by atoms with E-state index in [0.29, 0.717) is 11.3 Å². The smallest absolute Gasteiger partial charge is 0.152 e. The van der Waals surface area contributed by atoms with Crippen molar-refractivity contribution in [3.05, 3.63) is 60.2 Å². The second-order valence-corrected chi connectivity index (χ2v) is 3.42. The maximum Gasteiger partial charge on any atom is 0.152 e. The maximum absolute atomic E-state index is 9.66. The second kappa shape index (κ2) is 4.95. The lowest BCUT2D eigenvalue weighted by molar-refractivity contribution is 0.474. The average Bonchev–Trinajstić information content (AvgIpc) is 2.38. The van der Waals surface area contributed by atoms with E-state index in [2.05, 4.69) is 4.99 Å². The van der Waals surface area contributed by atoms with Crippen LogP contribution in [0.2, 0.25) is 0 Å². The molecule has 0 aliphatic rings. The van der Waals surface area contributed by atoms with Gasteiger partial charge < -0.3 is 5.11 Å². The number of hydrogen-bond donors (Lipinski definition) is 1. The van der Waals surface area contributed by atoms with Crippen LogP contribution in [-0.2, 0) is 0 Å². The predicted molar refractivity (Wildman–Crippen MR) is 66.4 cm³/mol. The largest absolute Gasteiger partial charge is 0.507 e. The Bertz CT molecular complexity index is 583. The predicted octanol–water partition coefficient (Wildman–Crippen LogP) is 3.04. The molecule has 0 fully saturated rings. The van der Waals surface area contributed by atoms with Gasteiger partial charge in [0.05, 0.1) is 11.3 Å². The quantitative estimate of drug-likeness (QED) is 0.794. The summed E-state index contributed by atoms with van der Waals surface area (Å²) in [6.45, 7) is 0. The van der Waals surface area contributed by atoms with Crippen molar-refractivity contribution in [2.45, 2.75) is 0 Å². The molecule has 0 amide bonds. The van der Waals surface area contributed by atoms with Crippen LogP contribution in [0.25, 0.3) is 0 Å². The van der Waals surface area contributed by atoms with Crippen LogP contribution in [0.5, 0.6) is 5.75 Å². The van der Waals surface area contributed by atoms with Crippen molar-refractivity contribution in [1.82, 2.24) is 0 Å². The molecule has 2 aromatic rings. The number of hydrogen-bond acceptors (Lipinski definition) is 3. The number of phenols is 1. The molecular weight excluding hydrogens is 212 g/mol. The first-order chi connectivity index (χ1) is 8.31. The Labute approximate surface area is 99.3 Å². The molecule has 2 rings (SSSR count). The van der Waals surface area contributed by atoms with Crippen LogP contribution in [0, 0.1) is 11.3 Å². The number of benzene rings is 2. The standard InChI is InChI=1S/C14H10N2O/c15-10-13(12-8-4-5-9-14(12)17)16-11-6-2-1-3-7-11/h1-9,17H/b16-13+. The zero-order valence-corrected chi connectivity index (χ0v) is 9.04. The fourth-order valence-corrected chi connectivity index (χ4v) is 1.45. The van der Waals surface area contributed by atoms with Crippen LogP contribution in [0.1, 0.15) is 5.56 Å². The summed E-state index contributed by atoms with van der Waals surface area (Å²) >= 11 is 0. The van der Waals surface area contributed by atoms with Crippen LogP contribution in [0.4, 0.5) is 5.69 Å². The normalized spacial score (nSPS) is 10.9. The minimum absolute atomic E-state index is 0.0590. The average molecular weight is 222 g/mol. The van der Waals surface area contributed by atoms with Crippen LogP contribution in [0.15, 0.2) is 59.6 Å². The van der Waals surface area contributed by atoms with Gasteiger partial charge in [-0.3, -0.25) is 0 Å². The molecule has 0 saturated heterocycles. The van der Waals surface area contributed by atoms with Crippen LogP contribution < -0.4 is 0 Å². The number of aromatic hydroxyl groups is 1. The molecule has 0 unspecified atom stereocenters. The van der Waals surface area contributed by atoms with Gasteiger partial charge in [0.25, 0.3) is 0 Å². The van der Waals surface area contributed by atoms with E-state index in [9.17, 15) is 5.11 Å². The van der Waals surface area contributed by atoms with Gasteiger partial charge >= 0.3 is 0 Å². The van der Waals surface area contributed by atoms with E-state index in [0.717, 1.165) is 0 Å². The molecule has 1 N–H and O–H groups in total. The van der Waals surface area contributed by atoms with Gasteiger partial charge in [-0.1, -0.05) is 30.3 Å². The highest BCUT2D eigenvalue weighted by Gasteiger charge is 2.07. The molecule has 0 atom stereocenters. The number of para-hydroxylation sites is 2. The Morgan fingerprint density at radius 2 is 1.65 bits per heavy atom. The molecule has 0 heterocycles. The van der Waals surface area contributed by atoms with Gasteiger partial charge in [0.15, 0.2) is 5.71 Å². The maximum atomic E-state index is 9.66. The van der Waals surface area contributed by atoms with Crippen molar-refractivity contribution in [1.29, 1.82) is 5.26 Å². The third kappa shape index (κ3) is 2.50. The topological polar surface area (TPSA) is 56.4 Å². The Morgan fingerprint density at radius 3 is 2.29 bits per heavy atom. The highest BCUT2D eigenvalue weighted by molar-refractivity contribution is 6.14. The van der Waals surface area contributed by atoms with Gasteiger partial charge in [0, 0.05) is 0 Å². The Morgan fingerprint density at radius 1 is 1.00 bits per heavy atom. The molecule has 0 radical (unpaired) electrons. The Hall–Kier alpha value is -2.60. The molecule has 2 aromatic carbocycles. The van der Waals surface area contributed by atoms with Gasteiger partial charge in [-0.15, -0.1) is 0 Å². The lowest BCUT2D eigenvalue weighted by Crippen LogP contribution is -1.96. The van der Waals surface area contributed by atoms with Crippen molar-refractivity contribution >= 4 is 11.4 Å². The van der Waals surface area contributed by atoms with Gasteiger partial charge in [0.2, 0.25) is 0 Å². The summed E-state index contributed by atoms with van der Waals surface area (Å²) in [6, 6.07) is 17.8. The summed E-state index contributed by atoms with van der Waals surface area (Å²) in [5, 5.41) is 18.7. The van der Waals surface area contributed by atoms with Crippen molar-refractivity contribution in [2.75, 3.05) is 0 Å². The molecule has 82 valence electrons. The number of phenolic OH excluding ortho intramolecular Hbond substituents is 1. The van der Waals surface area contributed by atoms with Crippen LogP contribution in [0.3, 0.4) is 0 Å². The first-order valence-electron chi connectivity index (χ1n) is 5.13. The lowest BCUT2D eigenvalue weighted by atomic mass is 10.1. The first-order valence-corrected chi connectivity index (χ1v) is 5.13. The zero-order chi connectivity index (χ0) is 12.1. The number of nitriles is 1. The van der Waals surface area contributed by atoms with Crippen molar-refractivity contribution < 1.29 is 5.11 Å². The monoisotopic (exact) mass is 222 g/mol. The number of rotatable bonds is 2. The van der Waals surface area contributed by atoms with E-state index >= 15 is 0 Å². The highest BCUT2D eigenvalue weighted by atomic mass is 16.3. The number of nitrogens with zero attached hydrogens (tertiary/aromatic N) is 2. The number of aliphatic imine (C=N–C) groups is 1. The minimum atomic E-state index is 0.0590. The zero-order valence-electron chi connectivity index (χ0n) is 9.04. The van der Waals surface area contributed by atoms with Gasteiger partial charge in [-0.25, -0.2) is 4.99 Å². The molecule has 0 spiro atoms. The van der Waals surface area contributed by atoms with E-state index < -0.39 is 0 Å². The van der Waals surface area contributed by atoms with Crippen molar-refractivity contribution in [2.24, 2.45) is 4.99 Å². The summed E-state index contributed by atoms with van der Waals surface area (Å²) in [5.41, 5.74) is 1.33. The summed E-state index contributed by atoms with van der Waals surface area (Å²) in [7, 11) is 0. The Kier molecular flexibility index (Phi) is 3.18. The van der Waals surface area contributed by atoms with Crippen molar-refractivity contribution in [3.8, 4) is 11.8 Å². The van der Waals surface area contributed by atoms with Gasteiger partial charge in [-0.2, -0.15) is 5.26 Å². The van der Waals surface area contributed by atoms with Gasteiger partial charge in [0.1, 0.15) is 11.8 Å². The first kappa shape index (κ1) is 10.9. The van der Waals surface area contributed by atoms with Crippen LogP contribution in [-0.4, -0.2) is 10.8 Å². The summed E-state index contributed by atoms with van der Waals surface area (Å²) in [4.78, 5) is 4.20. The fourth-order valence-electron chi connectivity index (χ4n) is 1.45. The van der Waals surface area contributed by atoms with E-state index in [1.54, 1.807) is 30.3 Å². The molecule has 3 heteroatoms. The van der Waals surface area contributed by atoms with E-state index in [1.807, 2.05) is 24.3 Å². The summed E-state index contributed by atoms with van der Waals surface area (Å²) < 4.78 is 0. The van der Waals surface area contributed by atoms with Gasteiger partial charge in [-0.05, 0) is 24.3 Å². The molecule has 0 saturated carbocycles. The third-order valence-corrected chi connectivity index (χ3v) is 2.26. The van der Waals surface area contributed by atoms with E-state index in [-0.39, 0.29) is 11.5 Å². The summed E-state index contributed by atoms with van der Waals surface area (Å²) in [5.74, 6) is 0.0590. The summed E-state index contributed by atoms with van der Waals surface area (Å²) in [6.07, 6.45) is 0. The SMILES string of the molecule is N#C/C(=N\c1ccccc1)c1ccccc1O. The third-order valence-electron chi connectivity index (χ3n) is 2.26. The Balaban J connectivity index is 2.46. The van der Waals surface area contributed by atoms with Crippen LogP contribution >= 0.6 is 0 Å². The molecule has 3 nitrogen and oxygen atoms in total. The van der Waals surface area contributed by atoms with E-state index in [1.165, 1.54) is 6.07 Å². The molecule has 0 bridgehead atoms. The molecular formula is C14H10N2O. The van der Waals surface area contributed by atoms with E-state index in [4.69, 9.17) is 5.26 Å². The molecule has 17 heavy (non-hydrogen) atoms. The molecule has 0 aromatic heterocycles. The minimum Gasteiger partial charge on any atom is -0.507 e. The second-order valence-electron chi connectivity index (χ2n) is 3.42. The van der Waals surface area contributed by atoms with Crippen molar-refractivity contribution in [3.63, 3.8) is 0 Å². The molecule has 0 aliphatic heterocycles. The highest BCUT2D eigenvalue weighted by Crippen LogP contribution is 2.19. The lowest BCUT2D eigenvalue weighted by Gasteiger charge is -2.01. The molecule has 0 aliphatic carbocycles. The fraction of sp³-hybridized carbons (Fsp3) is 0.